The van der Waals surface area contributed by atoms with Crippen molar-refractivity contribution in [2.75, 3.05) is 6.61 Å². The molecule has 1 aliphatic heterocycles. The molecule has 2 aromatic rings. The first kappa shape index (κ1) is 19.9. The molecule has 0 fully saturated rings. The lowest BCUT2D eigenvalue weighted by molar-refractivity contribution is -0.132. The van der Waals surface area contributed by atoms with Gasteiger partial charge in [0.1, 0.15) is 0 Å². The Morgan fingerprint density at radius 1 is 1.14 bits per heavy atom. The maximum atomic E-state index is 12.2. The third-order valence-electron chi connectivity index (χ3n) is 3.61. The van der Waals surface area contributed by atoms with Crippen LogP contribution in [-0.2, 0) is 14.3 Å². The normalized spacial score (nSPS) is 14.6. The van der Waals surface area contributed by atoms with Gasteiger partial charge < -0.3 is 14.2 Å². The van der Waals surface area contributed by atoms with Gasteiger partial charge in [-0.05, 0) is 48.9 Å². The molecule has 0 saturated carbocycles. The van der Waals surface area contributed by atoms with Crippen LogP contribution in [0.15, 0.2) is 47.1 Å². The standard InChI is InChI=1S/C20H15Cl2NO5/c1-3-26-18-9-12(4-7-17(18)27-11(2)24)8-16-20(25)28-19(23-16)13-5-6-14(21)15(22)10-13/h4-10H,3H2,1-2H3/b16-8-. The fourth-order valence-electron chi connectivity index (χ4n) is 2.44. The molecule has 28 heavy (non-hydrogen) atoms. The summed E-state index contributed by atoms with van der Waals surface area (Å²) in [6, 6.07) is 9.73. The zero-order valence-electron chi connectivity index (χ0n) is 15.0. The molecular formula is C20H15Cl2NO5. The minimum absolute atomic E-state index is 0.115. The van der Waals surface area contributed by atoms with Gasteiger partial charge in [0.15, 0.2) is 17.2 Å². The smallest absolute Gasteiger partial charge is 0.363 e. The first-order valence-corrected chi connectivity index (χ1v) is 9.06. The van der Waals surface area contributed by atoms with Crippen molar-refractivity contribution in [3.05, 3.63) is 63.3 Å². The van der Waals surface area contributed by atoms with Crippen molar-refractivity contribution >= 4 is 47.1 Å². The number of rotatable bonds is 5. The average Bonchev–Trinajstić information content (AvgIpc) is 3.00. The number of halogens is 2. The van der Waals surface area contributed by atoms with E-state index in [4.69, 9.17) is 37.4 Å². The number of ether oxygens (including phenoxy) is 3. The van der Waals surface area contributed by atoms with E-state index in [9.17, 15) is 9.59 Å². The predicted octanol–water partition coefficient (Wildman–Crippen LogP) is 4.66. The Morgan fingerprint density at radius 3 is 2.61 bits per heavy atom. The van der Waals surface area contributed by atoms with Gasteiger partial charge in [-0.2, -0.15) is 0 Å². The van der Waals surface area contributed by atoms with Crippen molar-refractivity contribution in [3.63, 3.8) is 0 Å². The van der Waals surface area contributed by atoms with Crippen molar-refractivity contribution in [1.29, 1.82) is 0 Å². The van der Waals surface area contributed by atoms with E-state index in [0.717, 1.165) is 0 Å². The Hall–Kier alpha value is -2.83. The summed E-state index contributed by atoms with van der Waals surface area (Å²) in [7, 11) is 0. The van der Waals surface area contributed by atoms with Crippen LogP contribution in [0.3, 0.4) is 0 Å². The number of aliphatic imine (C=N–C) groups is 1. The molecule has 144 valence electrons. The van der Waals surface area contributed by atoms with Crippen LogP contribution in [0, 0.1) is 0 Å². The van der Waals surface area contributed by atoms with Gasteiger partial charge in [-0.25, -0.2) is 9.79 Å². The summed E-state index contributed by atoms with van der Waals surface area (Å²) in [5.74, 6) is -0.237. The Balaban J connectivity index is 1.92. The van der Waals surface area contributed by atoms with Crippen molar-refractivity contribution in [3.8, 4) is 11.5 Å². The summed E-state index contributed by atoms with van der Waals surface area (Å²) < 4.78 is 15.8. The van der Waals surface area contributed by atoms with E-state index >= 15 is 0 Å². The molecule has 0 aliphatic carbocycles. The van der Waals surface area contributed by atoms with Gasteiger partial charge in [0.25, 0.3) is 0 Å². The molecule has 0 N–H and O–H groups in total. The highest BCUT2D eigenvalue weighted by Gasteiger charge is 2.24. The molecule has 0 spiro atoms. The molecule has 0 atom stereocenters. The second-order valence-electron chi connectivity index (χ2n) is 5.70. The topological polar surface area (TPSA) is 74.2 Å². The zero-order chi connectivity index (χ0) is 20.3. The van der Waals surface area contributed by atoms with E-state index in [1.165, 1.54) is 6.92 Å². The second-order valence-corrected chi connectivity index (χ2v) is 6.51. The zero-order valence-corrected chi connectivity index (χ0v) is 16.5. The van der Waals surface area contributed by atoms with E-state index in [-0.39, 0.29) is 11.6 Å². The van der Waals surface area contributed by atoms with Gasteiger partial charge in [-0.3, -0.25) is 4.79 Å². The first-order valence-electron chi connectivity index (χ1n) is 8.30. The number of cyclic esters (lactones) is 1. The highest BCUT2D eigenvalue weighted by atomic mass is 35.5. The summed E-state index contributed by atoms with van der Waals surface area (Å²) in [6.45, 7) is 3.50. The molecule has 1 heterocycles. The number of nitrogens with zero attached hydrogens (tertiary/aromatic N) is 1. The maximum Gasteiger partial charge on any atom is 0.363 e. The number of carbonyl (C=O) groups excluding carboxylic acids is 2. The fraction of sp³-hybridized carbons (Fsp3) is 0.150. The summed E-state index contributed by atoms with van der Waals surface area (Å²) in [5.41, 5.74) is 1.28. The monoisotopic (exact) mass is 419 g/mol. The molecule has 0 bridgehead atoms. The summed E-state index contributed by atoms with van der Waals surface area (Å²) in [6.07, 6.45) is 1.55. The van der Waals surface area contributed by atoms with Crippen LogP contribution >= 0.6 is 23.2 Å². The number of esters is 2. The van der Waals surface area contributed by atoms with Crippen molar-refractivity contribution in [2.24, 2.45) is 4.99 Å². The summed E-state index contributed by atoms with van der Waals surface area (Å²) >= 11 is 11.9. The lowest BCUT2D eigenvalue weighted by Crippen LogP contribution is -2.05. The fourth-order valence-corrected chi connectivity index (χ4v) is 2.74. The molecule has 0 unspecified atom stereocenters. The lowest BCUT2D eigenvalue weighted by Gasteiger charge is -2.10. The van der Waals surface area contributed by atoms with E-state index in [1.54, 1.807) is 42.5 Å². The summed E-state index contributed by atoms with van der Waals surface area (Å²) in [5, 5.41) is 0.722. The van der Waals surface area contributed by atoms with Crippen molar-refractivity contribution < 1.29 is 23.8 Å². The quantitative estimate of drug-likeness (QED) is 0.400. The third-order valence-corrected chi connectivity index (χ3v) is 4.35. The highest BCUT2D eigenvalue weighted by Crippen LogP contribution is 2.31. The van der Waals surface area contributed by atoms with Crippen LogP contribution in [0.5, 0.6) is 11.5 Å². The molecule has 2 aromatic carbocycles. The molecule has 0 saturated heterocycles. The van der Waals surface area contributed by atoms with Crippen molar-refractivity contribution in [2.45, 2.75) is 13.8 Å². The van der Waals surface area contributed by atoms with Crippen LogP contribution in [0.1, 0.15) is 25.0 Å². The predicted molar refractivity (Wildman–Crippen MR) is 106 cm³/mol. The number of hydrogen-bond donors (Lipinski definition) is 0. The summed E-state index contributed by atoms with van der Waals surface area (Å²) in [4.78, 5) is 27.6. The van der Waals surface area contributed by atoms with Gasteiger partial charge in [-0.15, -0.1) is 0 Å². The van der Waals surface area contributed by atoms with Gasteiger partial charge in [0, 0.05) is 12.5 Å². The molecular weight excluding hydrogens is 405 g/mol. The van der Waals surface area contributed by atoms with E-state index < -0.39 is 11.9 Å². The van der Waals surface area contributed by atoms with Gasteiger partial charge in [0.05, 0.1) is 16.7 Å². The van der Waals surface area contributed by atoms with Crippen LogP contribution in [-0.4, -0.2) is 24.4 Å². The van der Waals surface area contributed by atoms with Crippen LogP contribution in [0.4, 0.5) is 0 Å². The highest BCUT2D eigenvalue weighted by molar-refractivity contribution is 6.42. The Kier molecular flexibility index (Phi) is 6.02. The van der Waals surface area contributed by atoms with E-state index in [2.05, 4.69) is 4.99 Å². The Labute approximate surface area is 171 Å². The minimum Gasteiger partial charge on any atom is -0.490 e. The Bertz CT molecular complexity index is 1010. The van der Waals surface area contributed by atoms with Crippen LogP contribution in [0.2, 0.25) is 10.0 Å². The van der Waals surface area contributed by atoms with Gasteiger partial charge in [-0.1, -0.05) is 29.3 Å². The largest absolute Gasteiger partial charge is 0.490 e. The molecule has 0 amide bonds. The van der Waals surface area contributed by atoms with Gasteiger partial charge >= 0.3 is 11.9 Å². The number of benzene rings is 2. The van der Waals surface area contributed by atoms with Crippen LogP contribution < -0.4 is 9.47 Å². The van der Waals surface area contributed by atoms with E-state index in [0.29, 0.717) is 39.3 Å². The van der Waals surface area contributed by atoms with Crippen LogP contribution in [0.25, 0.3) is 6.08 Å². The number of carbonyl (C=O) groups is 2. The molecule has 3 rings (SSSR count). The SMILES string of the molecule is CCOc1cc(/C=C2\N=C(c3ccc(Cl)c(Cl)c3)OC2=O)ccc1OC(C)=O. The molecule has 6 nitrogen and oxygen atoms in total. The number of hydrogen-bond acceptors (Lipinski definition) is 6. The molecule has 0 radical (unpaired) electrons. The molecule has 0 aromatic heterocycles. The van der Waals surface area contributed by atoms with E-state index in [1.807, 2.05) is 6.92 Å². The second kappa shape index (κ2) is 8.46. The molecule has 1 aliphatic rings. The average molecular weight is 420 g/mol. The maximum absolute atomic E-state index is 12.2. The first-order chi connectivity index (χ1) is 13.4. The Morgan fingerprint density at radius 2 is 1.93 bits per heavy atom. The van der Waals surface area contributed by atoms with Gasteiger partial charge in [0.2, 0.25) is 5.90 Å². The minimum atomic E-state index is -0.594. The molecule has 8 heteroatoms. The third kappa shape index (κ3) is 4.52. The lowest BCUT2D eigenvalue weighted by atomic mass is 10.1. The van der Waals surface area contributed by atoms with Crippen molar-refractivity contribution in [1.82, 2.24) is 0 Å².